The van der Waals surface area contributed by atoms with Gasteiger partial charge in [-0.25, -0.2) is 0 Å². The average molecular weight is 372 g/mol. The number of alkyl halides is 3. The first kappa shape index (κ1) is 18.1. The maximum absolute atomic E-state index is 12.4. The molecule has 0 aliphatic heterocycles. The summed E-state index contributed by atoms with van der Waals surface area (Å²) in [5, 5.41) is 0. The lowest BCUT2D eigenvalue weighted by Gasteiger charge is -2.26. The third kappa shape index (κ3) is 5.42. The van der Waals surface area contributed by atoms with Crippen molar-refractivity contribution in [3.63, 3.8) is 0 Å². The Morgan fingerprint density at radius 2 is 1.52 bits per heavy atom. The first-order valence-corrected chi connectivity index (χ1v) is 8.37. The summed E-state index contributed by atoms with van der Waals surface area (Å²) < 4.78 is 3.77. The highest BCUT2D eigenvalue weighted by molar-refractivity contribution is 6.68. The second-order valence-electron chi connectivity index (χ2n) is 5.36. The molecular weight excluding hydrogens is 355 g/mol. The number of halogens is 3. The summed E-state index contributed by atoms with van der Waals surface area (Å²) in [6, 6.07) is 18.7. The topological polar surface area (TPSA) is 26.3 Å². The lowest BCUT2D eigenvalue weighted by molar-refractivity contribution is -0.153. The summed E-state index contributed by atoms with van der Waals surface area (Å²) in [6.07, 6.45) is -0.375. The van der Waals surface area contributed by atoms with Crippen LogP contribution in [-0.4, -0.2) is 9.76 Å². The molecule has 0 fully saturated rings. The predicted octanol–water partition coefficient (Wildman–Crippen LogP) is 5.52. The Hall–Kier alpha value is -1.22. The first-order valence-electron chi connectivity index (χ1n) is 7.24. The maximum Gasteiger partial charge on any atom is 0.309 e. The largest absolute Gasteiger partial charge is 0.453 e. The molecular formula is C18H17Cl3O2. The molecule has 0 spiro atoms. The van der Waals surface area contributed by atoms with Gasteiger partial charge in [-0.2, -0.15) is 0 Å². The standard InChI is InChI=1S/C18H17Cl3O2/c1-13(12-14-8-4-2-5-9-14)17(22)23-16(18(19,20)21)15-10-6-3-7-11-15/h2-11,13,16H,12H2,1H3. The highest BCUT2D eigenvalue weighted by Gasteiger charge is 2.38. The SMILES string of the molecule is CC(Cc1ccccc1)C(=O)OC(c1ccccc1)C(Cl)(Cl)Cl. The Bertz CT molecular complexity index is 624. The fourth-order valence-corrected chi connectivity index (χ4v) is 2.75. The molecule has 0 aromatic heterocycles. The van der Waals surface area contributed by atoms with E-state index >= 15 is 0 Å². The number of hydrogen-bond acceptors (Lipinski definition) is 2. The predicted molar refractivity (Wildman–Crippen MR) is 94.9 cm³/mol. The van der Waals surface area contributed by atoms with Crippen LogP contribution in [0.5, 0.6) is 0 Å². The third-order valence-electron chi connectivity index (χ3n) is 3.42. The summed E-state index contributed by atoms with van der Waals surface area (Å²) in [5.41, 5.74) is 1.70. The van der Waals surface area contributed by atoms with E-state index in [1.807, 2.05) is 36.4 Å². The molecule has 23 heavy (non-hydrogen) atoms. The number of ether oxygens (including phenoxy) is 1. The second-order valence-corrected chi connectivity index (χ2v) is 7.73. The molecule has 0 N–H and O–H groups in total. The van der Waals surface area contributed by atoms with Crippen molar-refractivity contribution in [1.29, 1.82) is 0 Å². The minimum atomic E-state index is -1.73. The molecule has 0 bridgehead atoms. The van der Waals surface area contributed by atoms with Gasteiger partial charge in [0.1, 0.15) is 0 Å². The molecule has 0 aliphatic rings. The molecule has 122 valence electrons. The van der Waals surface area contributed by atoms with Crippen LogP contribution in [0.25, 0.3) is 0 Å². The molecule has 2 aromatic carbocycles. The summed E-state index contributed by atoms with van der Waals surface area (Å²) in [6.45, 7) is 1.80. The molecule has 2 aromatic rings. The quantitative estimate of drug-likeness (QED) is 0.511. The Labute approximate surface area is 151 Å². The van der Waals surface area contributed by atoms with Gasteiger partial charge >= 0.3 is 5.97 Å². The van der Waals surface area contributed by atoms with Crippen LogP contribution in [0, 0.1) is 5.92 Å². The smallest absolute Gasteiger partial charge is 0.309 e. The van der Waals surface area contributed by atoms with Crippen LogP contribution >= 0.6 is 34.8 Å². The second kappa shape index (κ2) is 8.05. The molecule has 0 radical (unpaired) electrons. The van der Waals surface area contributed by atoms with Crippen LogP contribution in [0.15, 0.2) is 60.7 Å². The van der Waals surface area contributed by atoms with Gasteiger partial charge < -0.3 is 4.74 Å². The van der Waals surface area contributed by atoms with Crippen molar-refractivity contribution >= 4 is 40.8 Å². The number of carbonyl (C=O) groups is 1. The zero-order valence-electron chi connectivity index (χ0n) is 12.6. The van der Waals surface area contributed by atoms with E-state index in [1.54, 1.807) is 31.2 Å². The molecule has 0 heterocycles. The van der Waals surface area contributed by atoms with E-state index in [0.29, 0.717) is 12.0 Å². The zero-order valence-corrected chi connectivity index (χ0v) is 14.9. The molecule has 5 heteroatoms. The minimum Gasteiger partial charge on any atom is -0.453 e. The molecule has 2 nitrogen and oxygen atoms in total. The van der Waals surface area contributed by atoms with Crippen molar-refractivity contribution in [2.24, 2.45) is 5.92 Å². The van der Waals surface area contributed by atoms with Gasteiger partial charge in [-0.15, -0.1) is 0 Å². The Kier molecular flexibility index (Phi) is 6.34. The fraction of sp³-hybridized carbons (Fsp3) is 0.278. The summed E-state index contributed by atoms with van der Waals surface area (Å²) in [4.78, 5) is 12.4. The van der Waals surface area contributed by atoms with Crippen LogP contribution in [0.4, 0.5) is 0 Å². The van der Waals surface area contributed by atoms with Gasteiger partial charge in [0, 0.05) is 0 Å². The van der Waals surface area contributed by atoms with Gasteiger partial charge in [0.25, 0.3) is 0 Å². The minimum absolute atomic E-state index is 0.337. The fourth-order valence-electron chi connectivity index (χ4n) is 2.23. The summed E-state index contributed by atoms with van der Waals surface area (Å²) >= 11 is 18.0. The van der Waals surface area contributed by atoms with Crippen molar-refractivity contribution in [3.8, 4) is 0 Å². The molecule has 0 aliphatic carbocycles. The average Bonchev–Trinajstić information content (AvgIpc) is 2.53. The van der Waals surface area contributed by atoms with E-state index in [0.717, 1.165) is 5.56 Å². The van der Waals surface area contributed by atoms with Crippen molar-refractivity contribution in [2.75, 3.05) is 0 Å². The Balaban J connectivity index is 2.09. The van der Waals surface area contributed by atoms with Gasteiger partial charge in [0.15, 0.2) is 6.10 Å². The van der Waals surface area contributed by atoms with Crippen LogP contribution in [0.3, 0.4) is 0 Å². The van der Waals surface area contributed by atoms with Gasteiger partial charge in [-0.3, -0.25) is 4.79 Å². The van der Waals surface area contributed by atoms with E-state index in [-0.39, 0.29) is 5.92 Å². The molecule has 2 atom stereocenters. The Morgan fingerprint density at radius 3 is 2.04 bits per heavy atom. The lowest BCUT2D eigenvalue weighted by atomic mass is 10.0. The molecule has 0 saturated carbocycles. The van der Waals surface area contributed by atoms with Gasteiger partial charge in [0.2, 0.25) is 3.79 Å². The third-order valence-corrected chi connectivity index (χ3v) is 4.02. The van der Waals surface area contributed by atoms with E-state index in [4.69, 9.17) is 39.5 Å². The maximum atomic E-state index is 12.4. The first-order chi connectivity index (χ1) is 10.9. The number of rotatable bonds is 5. The Morgan fingerprint density at radius 1 is 1.00 bits per heavy atom. The van der Waals surface area contributed by atoms with Gasteiger partial charge in [0.05, 0.1) is 5.92 Å². The van der Waals surface area contributed by atoms with E-state index < -0.39 is 15.9 Å². The molecule has 0 amide bonds. The molecule has 2 unspecified atom stereocenters. The summed E-state index contributed by atoms with van der Waals surface area (Å²) in [7, 11) is 0. The number of esters is 1. The van der Waals surface area contributed by atoms with Crippen molar-refractivity contribution in [1.82, 2.24) is 0 Å². The highest BCUT2D eigenvalue weighted by Crippen LogP contribution is 2.42. The van der Waals surface area contributed by atoms with Crippen molar-refractivity contribution < 1.29 is 9.53 Å². The number of carbonyl (C=O) groups excluding carboxylic acids is 1. The summed E-state index contributed by atoms with van der Waals surface area (Å²) in [5.74, 6) is -0.731. The van der Waals surface area contributed by atoms with E-state index in [1.165, 1.54) is 0 Å². The van der Waals surface area contributed by atoms with Crippen molar-refractivity contribution in [2.45, 2.75) is 23.2 Å². The van der Waals surface area contributed by atoms with Crippen LogP contribution in [0.1, 0.15) is 24.2 Å². The number of hydrogen-bond donors (Lipinski definition) is 0. The molecule has 2 rings (SSSR count). The zero-order chi connectivity index (χ0) is 16.9. The lowest BCUT2D eigenvalue weighted by Crippen LogP contribution is -2.27. The van der Waals surface area contributed by atoms with Crippen LogP contribution in [-0.2, 0) is 16.0 Å². The normalized spacial score (nSPS) is 14.1. The number of benzene rings is 2. The van der Waals surface area contributed by atoms with Crippen LogP contribution < -0.4 is 0 Å². The van der Waals surface area contributed by atoms with E-state index in [9.17, 15) is 4.79 Å². The monoisotopic (exact) mass is 370 g/mol. The molecule has 0 saturated heterocycles. The van der Waals surface area contributed by atoms with Crippen molar-refractivity contribution in [3.05, 3.63) is 71.8 Å². The van der Waals surface area contributed by atoms with Gasteiger partial charge in [-0.1, -0.05) is 102 Å². The van der Waals surface area contributed by atoms with E-state index in [2.05, 4.69) is 0 Å². The van der Waals surface area contributed by atoms with Crippen LogP contribution in [0.2, 0.25) is 0 Å². The van der Waals surface area contributed by atoms with Gasteiger partial charge in [-0.05, 0) is 17.5 Å². The highest BCUT2D eigenvalue weighted by atomic mass is 35.6.